The number of hydrogen-bond donors (Lipinski definition) is 1. The Hall–Kier alpha value is -0.900. The third-order valence-electron chi connectivity index (χ3n) is 2.57. The molecule has 80 valence electrons. The van der Waals surface area contributed by atoms with Gasteiger partial charge in [0.25, 0.3) is 0 Å². The van der Waals surface area contributed by atoms with E-state index in [1.807, 2.05) is 11.3 Å². The third-order valence-corrected chi connectivity index (χ3v) is 4.02. The van der Waals surface area contributed by atoms with Gasteiger partial charge in [-0.15, -0.1) is 11.3 Å². The van der Waals surface area contributed by atoms with Gasteiger partial charge in [0.15, 0.2) is 0 Å². The number of aryl methyl sites for hydroxylation is 1. The van der Waals surface area contributed by atoms with Crippen LogP contribution < -0.4 is 5.48 Å². The largest absolute Gasteiger partial charge is 0.305 e. The van der Waals surface area contributed by atoms with Crippen LogP contribution in [0.3, 0.4) is 0 Å². The van der Waals surface area contributed by atoms with Crippen molar-refractivity contribution in [3.8, 4) is 0 Å². The Bertz CT molecular complexity index is 464. The monoisotopic (exact) mass is 221 g/mol. The maximum absolute atomic E-state index is 4.97. The van der Waals surface area contributed by atoms with Crippen LogP contribution >= 0.6 is 11.3 Å². The van der Waals surface area contributed by atoms with Crippen LogP contribution in [0.15, 0.2) is 24.3 Å². The minimum absolute atomic E-state index is 0.243. The van der Waals surface area contributed by atoms with Gasteiger partial charge in [-0.3, -0.25) is 0 Å². The van der Waals surface area contributed by atoms with Gasteiger partial charge in [-0.1, -0.05) is 18.2 Å². The fraction of sp³-hybridized carbons (Fsp3) is 0.333. The highest BCUT2D eigenvalue weighted by Crippen LogP contribution is 2.34. The van der Waals surface area contributed by atoms with E-state index in [2.05, 4.69) is 43.6 Å². The van der Waals surface area contributed by atoms with Gasteiger partial charge in [0.1, 0.15) is 0 Å². The van der Waals surface area contributed by atoms with E-state index in [9.17, 15) is 0 Å². The summed E-state index contributed by atoms with van der Waals surface area (Å²) >= 11 is 1.83. The third kappa shape index (κ3) is 1.91. The summed E-state index contributed by atoms with van der Waals surface area (Å²) in [5.74, 6) is 0. The first kappa shape index (κ1) is 10.6. The normalized spacial score (nSPS) is 13.3. The molecule has 0 aliphatic carbocycles. The highest BCUT2D eigenvalue weighted by molar-refractivity contribution is 7.19. The van der Waals surface area contributed by atoms with Gasteiger partial charge in [0, 0.05) is 9.58 Å². The minimum atomic E-state index is 0.243. The summed E-state index contributed by atoms with van der Waals surface area (Å²) in [5, 5.41) is 1.35. The van der Waals surface area contributed by atoms with E-state index < -0.39 is 0 Å². The molecule has 1 unspecified atom stereocenters. The number of fused-ring (bicyclic) bond motifs is 1. The van der Waals surface area contributed by atoms with E-state index in [-0.39, 0.29) is 6.04 Å². The first-order valence-corrected chi connectivity index (χ1v) is 5.82. The Morgan fingerprint density at radius 1 is 1.33 bits per heavy atom. The Morgan fingerprint density at radius 2 is 2.07 bits per heavy atom. The van der Waals surface area contributed by atoms with Gasteiger partial charge in [0.2, 0.25) is 0 Å². The standard InChI is InChI=1S/C12H15NOS/c1-8-10-6-4-5-7-11(10)15-12(8)9(2)13-14-3/h4-7,9,13H,1-3H3. The summed E-state index contributed by atoms with van der Waals surface area (Å²) in [4.78, 5) is 6.31. The van der Waals surface area contributed by atoms with Gasteiger partial charge in [-0.25, -0.2) is 0 Å². The number of hydrogen-bond acceptors (Lipinski definition) is 3. The molecular weight excluding hydrogens is 206 g/mol. The van der Waals surface area contributed by atoms with Crippen molar-refractivity contribution in [1.82, 2.24) is 5.48 Å². The average molecular weight is 221 g/mol. The average Bonchev–Trinajstić information content (AvgIpc) is 2.57. The molecule has 1 N–H and O–H groups in total. The molecule has 0 saturated heterocycles. The summed E-state index contributed by atoms with van der Waals surface area (Å²) in [5.41, 5.74) is 4.33. The van der Waals surface area contributed by atoms with Crippen LogP contribution in [-0.2, 0) is 4.84 Å². The molecule has 2 rings (SSSR count). The van der Waals surface area contributed by atoms with Crippen LogP contribution in [0.2, 0.25) is 0 Å². The lowest BCUT2D eigenvalue weighted by molar-refractivity contribution is 0.0667. The molecule has 1 heterocycles. The van der Waals surface area contributed by atoms with Gasteiger partial charge in [-0.05, 0) is 30.9 Å². The first-order valence-electron chi connectivity index (χ1n) is 5.00. The van der Waals surface area contributed by atoms with Crippen LogP contribution in [0.4, 0.5) is 0 Å². The van der Waals surface area contributed by atoms with Gasteiger partial charge < -0.3 is 4.84 Å². The minimum Gasteiger partial charge on any atom is -0.305 e. The molecule has 2 aromatic rings. The summed E-state index contributed by atoms with van der Waals surface area (Å²) in [6.45, 7) is 4.28. The molecule has 0 aliphatic heterocycles. The second-order valence-corrected chi connectivity index (χ2v) is 4.71. The number of thiophene rings is 1. The zero-order valence-corrected chi connectivity index (χ0v) is 10.0. The van der Waals surface area contributed by atoms with Crippen molar-refractivity contribution < 1.29 is 4.84 Å². The molecule has 0 amide bonds. The predicted molar refractivity (Wildman–Crippen MR) is 65.1 cm³/mol. The van der Waals surface area contributed by atoms with E-state index in [1.165, 1.54) is 20.5 Å². The molecule has 1 aromatic carbocycles. The van der Waals surface area contributed by atoms with Crippen molar-refractivity contribution in [2.24, 2.45) is 0 Å². The Balaban J connectivity index is 2.48. The smallest absolute Gasteiger partial charge is 0.0639 e. The fourth-order valence-corrected chi connectivity index (χ4v) is 3.04. The quantitative estimate of drug-likeness (QED) is 0.802. The molecule has 0 radical (unpaired) electrons. The summed E-state index contributed by atoms with van der Waals surface area (Å²) in [6, 6.07) is 8.74. The lowest BCUT2D eigenvalue weighted by Gasteiger charge is -2.10. The van der Waals surface area contributed by atoms with E-state index in [0.29, 0.717) is 0 Å². The highest BCUT2D eigenvalue weighted by atomic mass is 32.1. The maximum atomic E-state index is 4.97. The van der Waals surface area contributed by atoms with Gasteiger partial charge >= 0.3 is 0 Å². The topological polar surface area (TPSA) is 21.3 Å². The van der Waals surface area contributed by atoms with E-state index >= 15 is 0 Å². The summed E-state index contributed by atoms with van der Waals surface area (Å²) in [6.07, 6.45) is 0. The first-order chi connectivity index (χ1) is 7.24. The van der Waals surface area contributed by atoms with Crippen LogP contribution in [0, 0.1) is 6.92 Å². The van der Waals surface area contributed by atoms with Crippen molar-refractivity contribution in [2.75, 3.05) is 7.11 Å². The van der Waals surface area contributed by atoms with Crippen LogP contribution in [0.1, 0.15) is 23.4 Å². The summed E-state index contributed by atoms with van der Waals surface area (Å²) < 4.78 is 1.34. The highest BCUT2D eigenvalue weighted by Gasteiger charge is 2.13. The molecule has 1 aromatic heterocycles. The number of hydroxylamine groups is 1. The molecule has 0 fully saturated rings. The zero-order chi connectivity index (χ0) is 10.8. The molecule has 0 aliphatic rings. The number of nitrogens with one attached hydrogen (secondary N) is 1. The molecule has 3 heteroatoms. The summed E-state index contributed by atoms with van der Waals surface area (Å²) in [7, 11) is 1.65. The van der Waals surface area contributed by atoms with Crippen molar-refractivity contribution in [3.63, 3.8) is 0 Å². The Morgan fingerprint density at radius 3 is 2.73 bits per heavy atom. The van der Waals surface area contributed by atoms with Crippen LogP contribution in [0.5, 0.6) is 0 Å². The molecule has 1 atom stereocenters. The van der Waals surface area contributed by atoms with Crippen molar-refractivity contribution in [2.45, 2.75) is 19.9 Å². The molecule has 0 bridgehead atoms. The van der Waals surface area contributed by atoms with Gasteiger partial charge in [0.05, 0.1) is 13.2 Å². The SMILES string of the molecule is CONC(C)c1sc2ccccc2c1C. The van der Waals surface area contributed by atoms with Crippen LogP contribution in [0.25, 0.3) is 10.1 Å². The number of rotatable bonds is 3. The Kier molecular flexibility index (Phi) is 3.05. The molecule has 2 nitrogen and oxygen atoms in total. The lowest BCUT2D eigenvalue weighted by Crippen LogP contribution is -2.16. The maximum Gasteiger partial charge on any atom is 0.0639 e. The van der Waals surface area contributed by atoms with Gasteiger partial charge in [-0.2, -0.15) is 5.48 Å². The van der Waals surface area contributed by atoms with Crippen molar-refractivity contribution in [1.29, 1.82) is 0 Å². The van der Waals surface area contributed by atoms with Crippen molar-refractivity contribution in [3.05, 3.63) is 34.7 Å². The zero-order valence-electron chi connectivity index (χ0n) is 9.20. The molecular formula is C12H15NOS. The molecule has 0 saturated carbocycles. The lowest BCUT2D eigenvalue weighted by atomic mass is 10.1. The van der Waals surface area contributed by atoms with E-state index in [4.69, 9.17) is 4.84 Å². The van der Waals surface area contributed by atoms with Crippen LogP contribution in [-0.4, -0.2) is 7.11 Å². The fourth-order valence-electron chi connectivity index (χ4n) is 1.84. The molecule has 0 spiro atoms. The Labute approximate surface area is 93.8 Å². The predicted octanol–water partition coefficient (Wildman–Crippen LogP) is 3.42. The second kappa shape index (κ2) is 4.31. The molecule has 15 heavy (non-hydrogen) atoms. The second-order valence-electron chi connectivity index (χ2n) is 3.63. The van der Waals surface area contributed by atoms with Crippen molar-refractivity contribution >= 4 is 21.4 Å². The van der Waals surface area contributed by atoms with E-state index in [0.717, 1.165) is 0 Å². The van der Waals surface area contributed by atoms with E-state index in [1.54, 1.807) is 7.11 Å². The number of benzene rings is 1.